The average Bonchev–Trinajstić information content (AvgIpc) is 1.93. The van der Waals surface area contributed by atoms with E-state index in [4.69, 9.17) is 0 Å². The van der Waals surface area contributed by atoms with Gasteiger partial charge >= 0.3 is 0 Å². The molecule has 0 aromatic rings. The molecule has 1 N–H and O–H groups in total. The fourth-order valence-electron chi connectivity index (χ4n) is 1.70. The summed E-state index contributed by atoms with van der Waals surface area (Å²) in [6.45, 7) is 4.14. The lowest BCUT2D eigenvalue weighted by Crippen LogP contribution is -2.43. The van der Waals surface area contributed by atoms with E-state index in [0.29, 0.717) is 6.04 Å². The van der Waals surface area contributed by atoms with Gasteiger partial charge in [-0.2, -0.15) is 0 Å². The molecule has 0 bridgehead atoms. The molecule has 2 atom stereocenters. The summed E-state index contributed by atoms with van der Waals surface area (Å²) in [5.74, 6) is 0. The number of rotatable bonds is 2. The third kappa shape index (κ3) is 2.78. The second kappa shape index (κ2) is 4.05. The van der Waals surface area contributed by atoms with Crippen molar-refractivity contribution >= 4 is 0 Å². The molecule has 11 heavy (non-hydrogen) atoms. The molecule has 0 amide bonds. The fraction of sp³-hybridized carbons (Fsp3) is 1.00. The monoisotopic (exact) mass is 159 g/mol. The molecule has 0 radical (unpaired) electrons. The second-order valence-corrected chi connectivity index (χ2v) is 3.73. The van der Waals surface area contributed by atoms with Gasteiger partial charge in [0.15, 0.2) is 0 Å². The van der Waals surface area contributed by atoms with Gasteiger partial charge in [-0.1, -0.05) is 26.7 Å². The van der Waals surface area contributed by atoms with E-state index in [1.807, 2.05) is 0 Å². The zero-order chi connectivity index (χ0) is 8.27. The van der Waals surface area contributed by atoms with E-state index >= 15 is 0 Å². The first-order chi connectivity index (χ1) is 5.20. The van der Waals surface area contributed by atoms with Crippen molar-refractivity contribution in [3.63, 3.8) is 0 Å². The van der Waals surface area contributed by atoms with Gasteiger partial charge in [-0.05, 0) is 12.8 Å². The van der Waals surface area contributed by atoms with E-state index in [0.717, 1.165) is 19.3 Å². The Kier molecular flexibility index (Phi) is 3.31. The standard InChI is InChI=1S/C9H18FN/c1-7(2)11-9-6-4-3-5-8(9)10/h7-9,11H,3-6H2,1-2H3. The summed E-state index contributed by atoms with van der Waals surface area (Å²) in [7, 11) is 0. The van der Waals surface area contributed by atoms with E-state index in [1.54, 1.807) is 0 Å². The highest BCUT2D eigenvalue weighted by Gasteiger charge is 2.24. The summed E-state index contributed by atoms with van der Waals surface area (Å²) in [6.07, 6.45) is 3.41. The zero-order valence-electron chi connectivity index (χ0n) is 7.44. The van der Waals surface area contributed by atoms with Gasteiger partial charge in [0.1, 0.15) is 6.17 Å². The van der Waals surface area contributed by atoms with Gasteiger partial charge < -0.3 is 5.32 Å². The van der Waals surface area contributed by atoms with E-state index < -0.39 is 6.17 Å². The normalized spacial score (nSPS) is 32.7. The van der Waals surface area contributed by atoms with E-state index in [1.165, 1.54) is 6.42 Å². The van der Waals surface area contributed by atoms with E-state index in [2.05, 4.69) is 19.2 Å². The van der Waals surface area contributed by atoms with E-state index in [-0.39, 0.29) is 6.04 Å². The van der Waals surface area contributed by atoms with Crippen LogP contribution in [0.5, 0.6) is 0 Å². The van der Waals surface area contributed by atoms with Crippen LogP contribution < -0.4 is 5.32 Å². The Balaban J connectivity index is 2.29. The van der Waals surface area contributed by atoms with Crippen molar-refractivity contribution in [1.82, 2.24) is 5.32 Å². The molecule has 1 fully saturated rings. The van der Waals surface area contributed by atoms with E-state index in [9.17, 15) is 4.39 Å². The number of nitrogens with one attached hydrogen (secondary N) is 1. The molecule has 0 heterocycles. The third-order valence-corrected chi connectivity index (χ3v) is 2.23. The van der Waals surface area contributed by atoms with Crippen LogP contribution >= 0.6 is 0 Å². The summed E-state index contributed by atoms with van der Waals surface area (Å²) >= 11 is 0. The van der Waals surface area contributed by atoms with Gasteiger partial charge in [0.05, 0.1) is 0 Å². The number of hydrogen-bond donors (Lipinski definition) is 1. The van der Waals surface area contributed by atoms with Gasteiger partial charge in [0.2, 0.25) is 0 Å². The quantitative estimate of drug-likeness (QED) is 0.651. The Morgan fingerprint density at radius 2 is 1.91 bits per heavy atom. The molecular formula is C9H18FN. The van der Waals surface area contributed by atoms with Crippen molar-refractivity contribution in [3.05, 3.63) is 0 Å². The van der Waals surface area contributed by atoms with Crippen LogP contribution in [0.15, 0.2) is 0 Å². The predicted octanol–water partition coefficient (Wildman–Crippen LogP) is 2.27. The molecule has 0 aliphatic heterocycles. The average molecular weight is 159 g/mol. The summed E-state index contributed by atoms with van der Waals surface area (Å²) in [4.78, 5) is 0. The molecule has 1 nitrogen and oxygen atoms in total. The largest absolute Gasteiger partial charge is 0.309 e. The van der Waals surface area contributed by atoms with Crippen LogP contribution in [0.25, 0.3) is 0 Å². The van der Waals surface area contributed by atoms with Crippen molar-refractivity contribution in [2.75, 3.05) is 0 Å². The molecule has 1 aliphatic rings. The minimum atomic E-state index is -0.605. The van der Waals surface area contributed by atoms with Crippen molar-refractivity contribution in [1.29, 1.82) is 0 Å². The highest BCUT2D eigenvalue weighted by molar-refractivity contribution is 4.81. The van der Waals surface area contributed by atoms with Crippen LogP contribution in [-0.2, 0) is 0 Å². The highest BCUT2D eigenvalue weighted by atomic mass is 19.1. The van der Waals surface area contributed by atoms with Crippen LogP contribution in [0.3, 0.4) is 0 Å². The smallest absolute Gasteiger partial charge is 0.115 e. The van der Waals surface area contributed by atoms with Crippen LogP contribution in [0.4, 0.5) is 4.39 Å². The number of halogens is 1. The van der Waals surface area contributed by atoms with Crippen molar-refractivity contribution in [3.8, 4) is 0 Å². The molecule has 0 aromatic heterocycles. The molecule has 0 aromatic carbocycles. The van der Waals surface area contributed by atoms with Crippen LogP contribution in [0.1, 0.15) is 39.5 Å². The molecule has 2 heteroatoms. The molecule has 0 spiro atoms. The Morgan fingerprint density at radius 1 is 1.27 bits per heavy atom. The topological polar surface area (TPSA) is 12.0 Å². The van der Waals surface area contributed by atoms with Crippen molar-refractivity contribution in [2.45, 2.75) is 57.8 Å². The first-order valence-corrected chi connectivity index (χ1v) is 4.60. The first kappa shape index (κ1) is 8.98. The maximum Gasteiger partial charge on any atom is 0.115 e. The molecule has 0 saturated heterocycles. The molecular weight excluding hydrogens is 141 g/mol. The van der Waals surface area contributed by atoms with Crippen LogP contribution in [0.2, 0.25) is 0 Å². The van der Waals surface area contributed by atoms with Crippen molar-refractivity contribution < 1.29 is 4.39 Å². The molecule has 1 rings (SSSR count). The maximum absolute atomic E-state index is 13.1. The molecule has 1 aliphatic carbocycles. The molecule has 66 valence electrons. The van der Waals surface area contributed by atoms with Gasteiger partial charge in [0.25, 0.3) is 0 Å². The minimum absolute atomic E-state index is 0.128. The zero-order valence-corrected chi connectivity index (χ0v) is 7.44. The number of hydrogen-bond acceptors (Lipinski definition) is 1. The van der Waals surface area contributed by atoms with Gasteiger partial charge in [0, 0.05) is 12.1 Å². The predicted molar refractivity (Wildman–Crippen MR) is 45.4 cm³/mol. The van der Waals surface area contributed by atoms with Gasteiger partial charge in [-0.15, -0.1) is 0 Å². The SMILES string of the molecule is CC(C)NC1CCCCC1F. The summed E-state index contributed by atoms with van der Waals surface area (Å²) in [6, 6.07) is 0.542. The Hall–Kier alpha value is -0.110. The first-order valence-electron chi connectivity index (χ1n) is 4.60. The summed E-state index contributed by atoms with van der Waals surface area (Å²) in [5.41, 5.74) is 0. The lowest BCUT2D eigenvalue weighted by Gasteiger charge is -2.28. The lowest BCUT2D eigenvalue weighted by atomic mass is 9.93. The molecule has 2 unspecified atom stereocenters. The second-order valence-electron chi connectivity index (χ2n) is 3.73. The third-order valence-electron chi connectivity index (χ3n) is 2.23. The minimum Gasteiger partial charge on any atom is -0.309 e. The Morgan fingerprint density at radius 3 is 2.45 bits per heavy atom. The summed E-state index contributed by atoms with van der Waals surface area (Å²) in [5, 5.41) is 3.26. The van der Waals surface area contributed by atoms with Gasteiger partial charge in [-0.25, -0.2) is 4.39 Å². The lowest BCUT2D eigenvalue weighted by molar-refractivity contribution is 0.182. The Bertz CT molecular complexity index is 114. The van der Waals surface area contributed by atoms with Crippen LogP contribution in [0, 0.1) is 0 Å². The number of alkyl halides is 1. The Labute approximate surface area is 68.4 Å². The fourth-order valence-corrected chi connectivity index (χ4v) is 1.70. The van der Waals surface area contributed by atoms with Crippen molar-refractivity contribution in [2.24, 2.45) is 0 Å². The van der Waals surface area contributed by atoms with Gasteiger partial charge in [-0.3, -0.25) is 0 Å². The highest BCUT2D eigenvalue weighted by Crippen LogP contribution is 2.21. The summed E-state index contributed by atoms with van der Waals surface area (Å²) < 4.78 is 13.1. The molecule has 1 saturated carbocycles. The maximum atomic E-state index is 13.1. The van der Waals surface area contributed by atoms with Crippen LogP contribution in [-0.4, -0.2) is 18.3 Å².